The molecule has 3 amide bonds. The molecule has 0 aliphatic carbocycles. The Bertz CT molecular complexity index is 755. The van der Waals surface area contributed by atoms with E-state index in [0.29, 0.717) is 31.5 Å². The van der Waals surface area contributed by atoms with Gasteiger partial charge in [-0.1, -0.05) is 31.5 Å². The van der Waals surface area contributed by atoms with E-state index < -0.39 is 0 Å². The molecule has 8 heteroatoms. The van der Waals surface area contributed by atoms with Gasteiger partial charge in [0.05, 0.1) is 19.3 Å². The summed E-state index contributed by atoms with van der Waals surface area (Å²) in [6.07, 6.45) is 2.16. The molecule has 8 nitrogen and oxygen atoms in total. The number of hydrogen-bond acceptors (Lipinski definition) is 5. The van der Waals surface area contributed by atoms with Crippen molar-refractivity contribution in [3.05, 3.63) is 29.8 Å². The second-order valence-corrected chi connectivity index (χ2v) is 9.89. The Morgan fingerprint density at radius 1 is 1.06 bits per heavy atom. The highest BCUT2D eigenvalue weighted by Crippen LogP contribution is 2.16. The van der Waals surface area contributed by atoms with Gasteiger partial charge < -0.3 is 20.7 Å². The molecule has 2 atom stereocenters. The van der Waals surface area contributed by atoms with Gasteiger partial charge in [-0.25, -0.2) is 4.79 Å². The summed E-state index contributed by atoms with van der Waals surface area (Å²) in [6.45, 7) is 13.4. The number of amides is 3. The van der Waals surface area contributed by atoms with Crippen LogP contribution in [0.1, 0.15) is 32.3 Å². The molecular weight excluding hydrogens is 418 g/mol. The zero-order valence-electron chi connectivity index (χ0n) is 20.4. The minimum Gasteiger partial charge on any atom is -0.374 e. The van der Waals surface area contributed by atoms with Crippen molar-refractivity contribution >= 4 is 17.6 Å². The predicted octanol–water partition coefficient (Wildman–Crippen LogP) is 2.30. The van der Waals surface area contributed by atoms with Gasteiger partial charge in [-0.15, -0.1) is 0 Å². The zero-order chi connectivity index (χ0) is 23.6. The van der Waals surface area contributed by atoms with Gasteiger partial charge in [-0.05, 0) is 50.3 Å². The third-order valence-electron chi connectivity index (χ3n) is 6.20. The van der Waals surface area contributed by atoms with E-state index in [1.807, 2.05) is 31.2 Å². The van der Waals surface area contributed by atoms with Gasteiger partial charge in [0.1, 0.15) is 0 Å². The lowest BCUT2D eigenvalue weighted by molar-refractivity contribution is -0.123. The van der Waals surface area contributed by atoms with Crippen molar-refractivity contribution in [2.24, 2.45) is 11.8 Å². The van der Waals surface area contributed by atoms with E-state index in [1.54, 1.807) is 0 Å². The second-order valence-electron chi connectivity index (χ2n) is 9.89. The lowest BCUT2D eigenvalue weighted by Crippen LogP contribution is -2.50. The first-order valence-corrected chi connectivity index (χ1v) is 12.3. The molecule has 184 valence electrons. The molecule has 1 aromatic carbocycles. The zero-order valence-corrected chi connectivity index (χ0v) is 20.4. The topological polar surface area (TPSA) is 85.9 Å². The minimum atomic E-state index is -0.187. The molecule has 0 unspecified atom stereocenters. The summed E-state index contributed by atoms with van der Waals surface area (Å²) in [5.74, 6) is 1.03. The first-order chi connectivity index (χ1) is 15.9. The van der Waals surface area contributed by atoms with E-state index in [4.69, 9.17) is 4.74 Å². The fourth-order valence-corrected chi connectivity index (χ4v) is 4.58. The molecule has 0 saturated carbocycles. The number of piperidine rings is 1. The highest BCUT2D eigenvalue weighted by Gasteiger charge is 2.24. The molecule has 2 aliphatic heterocycles. The van der Waals surface area contributed by atoms with Crippen molar-refractivity contribution in [1.82, 2.24) is 20.4 Å². The van der Waals surface area contributed by atoms with Crippen LogP contribution in [0, 0.1) is 18.8 Å². The highest BCUT2D eigenvalue weighted by molar-refractivity contribution is 5.89. The largest absolute Gasteiger partial charge is 0.374 e. The number of ether oxygens (including phenoxy) is 1. The Morgan fingerprint density at radius 2 is 1.85 bits per heavy atom. The lowest BCUT2D eigenvalue weighted by atomic mass is 9.98. The van der Waals surface area contributed by atoms with Crippen LogP contribution in [0.2, 0.25) is 0 Å². The summed E-state index contributed by atoms with van der Waals surface area (Å²) in [6, 6.07) is 7.56. The number of urea groups is 1. The number of nitrogens with one attached hydrogen (secondary N) is 3. The van der Waals surface area contributed by atoms with E-state index in [-0.39, 0.29) is 18.0 Å². The van der Waals surface area contributed by atoms with Crippen LogP contribution in [-0.4, -0.2) is 86.8 Å². The van der Waals surface area contributed by atoms with Crippen molar-refractivity contribution < 1.29 is 14.3 Å². The number of morpholine rings is 1. The number of nitrogens with zero attached hydrogens (tertiary/aromatic N) is 2. The van der Waals surface area contributed by atoms with Gasteiger partial charge >= 0.3 is 6.03 Å². The Labute approximate surface area is 198 Å². The summed E-state index contributed by atoms with van der Waals surface area (Å²) in [5.41, 5.74) is 1.95. The number of aryl methyl sites for hydroxylation is 1. The molecular formula is C25H41N5O3. The molecule has 2 fully saturated rings. The second kappa shape index (κ2) is 12.9. The fourth-order valence-electron chi connectivity index (χ4n) is 4.58. The van der Waals surface area contributed by atoms with E-state index in [0.717, 1.165) is 63.4 Å². The van der Waals surface area contributed by atoms with Gasteiger partial charge in [0.25, 0.3) is 0 Å². The quantitative estimate of drug-likeness (QED) is 0.528. The maximum atomic E-state index is 12.5. The first-order valence-electron chi connectivity index (χ1n) is 12.3. The number of carbonyl (C=O) groups excluding carboxylic acids is 2. The normalized spacial score (nSPS) is 22.2. The average Bonchev–Trinajstić information content (AvgIpc) is 2.78. The van der Waals surface area contributed by atoms with Crippen LogP contribution in [-0.2, 0) is 9.53 Å². The van der Waals surface area contributed by atoms with Crippen molar-refractivity contribution in [2.75, 3.05) is 64.3 Å². The molecule has 1 aromatic rings. The van der Waals surface area contributed by atoms with Crippen LogP contribution < -0.4 is 16.0 Å². The van der Waals surface area contributed by atoms with E-state index >= 15 is 0 Å². The Balaban J connectivity index is 1.33. The number of likely N-dealkylation sites (tertiary alicyclic amines) is 1. The highest BCUT2D eigenvalue weighted by atomic mass is 16.5. The third kappa shape index (κ3) is 9.31. The van der Waals surface area contributed by atoms with E-state index in [1.165, 1.54) is 0 Å². The fraction of sp³-hybridized carbons (Fsp3) is 0.680. The number of anilines is 1. The number of carbonyl (C=O) groups is 2. The number of hydrogen-bond donors (Lipinski definition) is 3. The van der Waals surface area contributed by atoms with Gasteiger partial charge in [0.15, 0.2) is 0 Å². The smallest absolute Gasteiger partial charge is 0.319 e. The van der Waals surface area contributed by atoms with Crippen LogP contribution in [0.3, 0.4) is 0 Å². The minimum absolute atomic E-state index is 0.0466. The molecule has 2 aliphatic rings. The monoisotopic (exact) mass is 459 g/mol. The van der Waals surface area contributed by atoms with E-state index in [2.05, 4.69) is 39.6 Å². The summed E-state index contributed by atoms with van der Waals surface area (Å²) >= 11 is 0. The van der Waals surface area contributed by atoms with Gasteiger partial charge in [0, 0.05) is 45.0 Å². The summed E-state index contributed by atoms with van der Waals surface area (Å²) in [7, 11) is 0. The van der Waals surface area contributed by atoms with Crippen LogP contribution in [0.5, 0.6) is 0 Å². The maximum absolute atomic E-state index is 12.5. The van der Waals surface area contributed by atoms with Gasteiger partial charge in [-0.3, -0.25) is 14.6 Å². The Morgan fingerprint density at radius 3 is 2.61 bits per heavy atom. The van der Waals surface area contributed by atoms with Crippen LogP contribution >= 0.6 is 0 Å². The summed E-state index contributed by atoms with van der Waals surface area (Å²) < 4.78 is 5.83. The van der Waals surface area contributed by atoms with Gasteiger partial charge in [-0.2, -0.15) is 0 Å². The Kier molecular flexibility index (Phi) is 9.96. The standard InChI is InChI=1S/C25H41N5O3/c1-19(2)15-30-11-12-33-23(17-30)14-26-24(31)18-29-10-4-5-21(16-29)13-27-25(32)28-22-8-6-20(3)7-9-22/h6-9,19,21,23H,4-5,10-18H2,1-3H3,(H,26,31)(H2,27,28,32)/t21-,23-/m1/s1. The molecule has 2 saturated heterocycles. The SMILES string of the molecule is Cc1ccc(NC(=O)NC[C@H]2CCCN(CC(=O)NC[C@@H]3CN(CC(C)C)CCO3)C2)cc1. The number of benzene rings is 1. The molecule has 0 spiro atoms. The lowest BCUT2D eigenvalue weighted by Gasteiger charge is -2.34. The summed E-state index contributed by atoms with van der Waals surface area (Å²) in [4.78, 5) is 29.3. The molecule has 3 N–H and O–H groups in total. The Hall–Kier alpha value is -2.16. The van der Waals surface area contributed by atoms with Crippen molar-refractivity contribution in [3.8, 4) is 0 Å². The summed E-state index contributed by atoms with van der Waals surface area (Å²) in [5, 5.41) is 8.90. The van der Waals surface area contributed by atoms with Crippen LogP contribution in [0.25, 0.3) is 0 Å². The van der Waals surface area contributed by atoms with Crippen LogP contribution in [0.4, 0.5) is 10.5 Å². The molecule has 0 aromatic heterocycles. The molecule has 2 heterocycles. The van der Waals surface area contributed by atoms with Gasteiger partial charge in [0.2, 0.25) is 5.91 Å². The molecule has 3 rings (SSSR count). The maximum Gasteiger partial charge on any atom is 0.319 e. The average molecular weight is 460 g/mol. The van der Waals surface area contributed by atoms with Crippen LogP contribution in [0.15, 0.2) is 24.3 Å². The molecule has 33 heavy (non-hydrogen) atoms. The van der Waals surface area contributed by atoms with Crippen molar-refractivity contribution in [2.45, 2.75) is 39.7 Å². The van der Waals surface area contributed by atoms with Crippen molar-refractivity contribution in [3.63, 3.8) is 0 Å². The predicted molar refractivity (Wildman–Crippen MR) is 131 cm³/mol. The third-order valence-corrected chi connectivity index (χ3v) is 6.20. The van der Waals surface area contributed by atoms with E-state index in [9.17, 15) is 9.59 Å². The molecule has 0 radical (unpaired) electrons. The first kappa shape index (κ1) is 25.5. The van der Waals surface area contributed by atoms with Crippen molar-refractivity contribution in [1.29, 1.82) is 0 Å². The molecule has 0 bridgehead atoms. The number of rotatable bonds is 9.